The number of nitrogens with zero attached hydrogens (tertiary/aromatic N) is 1. The maximum absolute atomic E-state index is 12.9. The molecule has 1 atom stereocenters. The lowest BCUT2D eigenvalue weighted by molar-refractivity contribution is -0.137. The molecule has 2 heterocycles. The van der Waals surface area contributed by atoms with Crippen molar-refractivity contribution in [3.8, 4) is 0 Å². The van der Waals surface area contributed by atoms with Crippen molar-refractivity contribution in [1.29, 1.82) is 0 Å². The van der Waals surface area contributed by atoms with E-state index >= 15 is 0 Å². The first-order chi connectivity index (χ1) is 10.7. The van der Waals surface area contributed by atoms with Crippen molar-refractivity contribution in [2.45, 2.75) is 45.1 Å². The van der Waals surface area contributed by atoms with Crippen LogP contribution in [0.1, 0.15) is 39.2 Å². The number of likely N-dealkylation sites (tertiary alicyclic amines) is 1. The quantitative estimate of drug-likeness (QED) is 0.856. The minimum absolute atomic E-state index is 0.0156. The number of hydrogen-bond donors (Lipinski definition) is 1. The average molecular weight is 379 g/mol. The monoisotopic (exact) mass is 378 g/mol. The van der Waals surface area contributed by atoms with Gasteiger partial charge in [0.2, 0.25) is 15.9 Å². The number of amides is 1. The first-order valence-corrected chi connectivity index (χ1v) is 10.7. The fourth-order valence-corrected chi connectivity index (χ4v) is 5.08. The van der Waals surface area contributed by atoms with Crippen molar-refractivity contribution in [2.24, 2.45) is 0 Å². The lowest BCUT2D eigenvalue weighted by Gasteiger charge is -2.37. The molecule has 5 nitrogen and oxygen atoms in total. The van der Waals surface area contributed by atoms with E-state index in [1.807, 2.05) is 24.6 Å². The van der Waals surface area contributed by atoms with E-state index in [0.29, 0.717) is 18.1 Å². The lowest BCUT2D eigenvalue weighted by atomic mass is 9.84. The zero-order valence-corrected chi connectivity index (χ0v) is 16.0. The third kappa shape index (κ3) is 4.26. The Morgan fingerprint density at radius 2 is 2.17 bits per heavy atom. The average Bonchev–Trinajstić information content (AvgIpc) is 2.93. The molecule has 0 aliphatic carbocycles. The molecule has 1 fully saturated rings. The summed E-state index contributed by atoms with van der Waals surface area (Å²) in [7, 11) is -3.26. The van der Waals surface area contributed by atoms with Gasteiger partial charge < -0.3 is 4.90 Å². The van der Waals surface area contributed by atoms with Crippen molar-refractivity contribution in [2.75, 3.05) is 18.8 Å². The second-order valence-electron chi connectivity index (χ2n) is 6.37. The molecule has 23 heavy (non-hydrogen) atoms. The summed E-state index contributed by atoms with van der Waals surface area (Å²) in [5.41, 5.74) is 0.105. The number of nitrogens with one attached hydrogen (secondary N) is 1. The van der Waals surface area contributed by atoms with Crippen LogP contribution < -0.4 is 4.72 Å². The zero-order chi connectivity index (χ0) is 17.3. The van der Waals surface area contributed by atoms with E-state index in [4.69, 9.17) is 11.6 Å². The number of sulfonamides is 1. The summed E-state index contributed by atoms with van der Waals surface area (Å²) in [6.07, 6.45) is 1.54. The summed E-state index contributed by atoms with van der Waals surface area (Å²) in [4.78, 5) is 14.7. The Hall–Kier alpha value is -0.630. The van der Waals surface area contributed by atoms with Gasteiger partial charge >= 0.3 is 0 Å². The molecule has 1 amide bonds. The highest BCUT2D eigenvalue weighted by molar-refractivity contribution is 7.89. The van der Waals surface area contributed by atoms with Gasteiger partial charge in [0.1, 0.15) is 0 Å². The molecule has 8 heteroatoms. The van der Waals surface area contributed by atoms with Crippen LogP contribution >= 0.6 is 22.9 Å². The number of halogens is 1. The summed E-state index contributed by atoms with van der Waals surface area (Å²) in [6.45, 7) is 6.39. The molecule has 1 aliphatic rings. The molecular formula is C15H23ClN2O3S2. The summed E-state index contributed by atoms with van der Waals surface area (Å²) >= 11 is 7.66. The number of rotatable bonds is 5. The predicted molar refractivity (Wildman–Crippen MR) is 94.6 cm³/mol. The highest BCUT2D eigenvalue weighted by Gasteiger charge is 2.38. The van der Waals surface area contributed by atoms with E-state index in [9.17, 15) is 13.2 Å². The SMILES string of the molecule is CCS(=O)(=O)NC1CCCN(C(=O)C(C)(C)c2cscc2Cl)C1. The van der Waals surface area contributed by atoms with Gasteiger partial charge in [-0.25, -0.2) is 13.1 Å². The van der Waals surface area contributed by atoms with Gasteiger partial charge in [-0.3, -0.25) is 4.79 Å². The second-order valence-corrected chi connectivity index (χ2v) is 9.56. The van der Waals surface area contributed by atoms with Crippen molar-refractivity contribution < 1.29 is 13.2 Å². The Kier molecular flexibility index (Phi) is 5.76. The van der Waals surface area contributed by atoms with Crippen molar-refractivity contribution in [3.63, 3.8) is 0 Å². The van der Waals surface area contributed by atoms with Crippen LogP contribution in [0.5, 0.6) is 0 Å². The Labute approximate surface area is 147 Å². The summed E-state index contributed by atoms with van der Waals surface area (Å²) in [5.74, 6) is 0.0335. The molecule has 1 aromatic rings. The number of piperidine rings is 1. The smallest absolute Gasteiger partial charge is 0.232 e. The molecule has 0 bridgehead atoms. The molecule has 1 unspecified atom stereocenters. The number of thiophene rings is 1. The second kappa shape index (κ2) is 7.09. The van der Waals surface area contributed by atoms with E-state index in [1.165, 1.54) is 11.3 Å². The summed E-state index contributed by atoms with van der Waals surface area (Å²) in [6, 6.07) is -0.216. The number of carbonyl (C=O) groups is 1. The fourth-order valence-electron chi connectivity index (χ4n) is 2.83. The Morgan fingerprint density at radius 1 is 1.48 bits per heavy atom. The topological polar surface area (TPSA) is 66.5 Å². The van der Waals surface area contributed by atoms with Gasteiger partial charge in [0.05, 0.1) is 16.2 Å². The number of carbonyl (C=O) groups excluding carboxylic acids is 1. The standard InChI is InChI=1S/C15H23ClN2O3S2/c1-4-23(20,21)17-11-6-5-7-18(8-11)14(19)15(2,3)12-9-22-10-13(12)16/h9-11,17H,4-8H2,1-3H3. The van der Waals surface area contributed by atoms with E-state index in [1.54, 1.807) is 11.8 Å². The highest BCUT2D eigenvalue weighted by atomic mass is 35.5. The molecule has 1 aromatic heterocycles. The normalized spacial score (nSPS) is 19.8. The molecular weight excluding hydrogens is 356 g/mol. The van der Waals surface area contributed by atoms with Gasteiger partial charge in [-0.05, 0) is 44.6 Å². The van der Waals surface area contributed by atoms with Crippen LogP contribution in [0.2, 0.25) is 5.02 Å². The van der Waals surface area contributed by atoms with Crippen LogP contribution in [0.15, 0.2) is 10.8 Å². The lowest BCUT2D eigenvalue weighted by Crippen LogP contribution is -2.53. The Balaban J connectivity index is 2.12. The Bertz CT molecular complexity index is 670. The van der Waals surface area contributed by atoms with Gasteiger partial charge in [-0.1, -0.05) is 11.6 Å². The van der Waals surface area contributed by atoms with Gasteiger partial charge in [-0.15, -0.1) is 0 Å². The van der Waals surface area contributed by atoms with Crippen molar-refractivity contribution in [1.82, 2.24) is 9.62 Å². The van der Waals surface area contributed by atoms with E-state index < -0.39 is 15.4 Å². The molecule has 1 saturated heterocycles. The number of hydrogen-bond acceptors (Lipinski definition) is 4. The maximum Gasteiger partial charge on any atom is 0.232 e. The third-order valence-electron chi connectivity index (χ3n) is 4.26. The summed E-state index contributed by atoms with van der Waals surface area (Å²) in [5, 5.41) is 4.33. The summed E-state index contributed by atoms with van der Waals surface area (Å²) < 4.78 is 26.2. The highest BCUT2D eigenvalue weighted by Crippen LogP contribution is 2.34. The molecule has 0 spiro atoms. The van der Waals surface area contributed by atoms with Crippen LogP contribution in [-0.2, 0) is 20.2 Å². The van der Waals surface area contributed by atoms with Crippen LogP contribution in [0.4, 0.5) is 0 Å². The third-order valence-corrected chi connectivity index (χ3v) is 6.90. The van der Waals surface area contributed by atoms with Gasteiger partial charge in [0.15, 0.2) is 0 Å². The van der Waals surface area contributed by atoms with E-state index in [2.05, 4.69) is 4.72 Å². The first kappa shape index (κ1) is 18.7. The fraction of sp³-hybridized carbons (Fsp3) is 0.667. The van der Waals surface area contributed by atoms with Crippen LogP contribution in [0.25, 0.3) is 0 Å². The largest absolute Gasteiger partial charge is 0.340 e. The maximum atomic E-state index is 12.9. The zero-order valence-electron chi connectivity index (χ0n) is 13.6. The van der Waals surface area contributed by atoms with Crippen LogP contribution in [0.3, 0.4) is 0 Å². The molecule has 1 aliphatic heterocycles. The molecule has 2 rings (SSSR count). The van der Waals surface area contributed by atoms with Crippen molar-refractivity contribution in [3.05, 3.63) is 21.3 Å². The van der Waals surface area contributed by atoms with Gasteiger partial charge in [-0.2, -0.15) is 11.3 Å². The molecule has 0 saturated carbocycles. The minimum Gasteiger partial charge on any atom is -0.340 e. The Morgan fingerprint density at radius 3 is 2.74 bits per heavy atom. The minimum atomic E-state index is -3.26. The predicted octanol–water partition coefficient (Wildman–Crippen LogP) is 2.61. The van der Waals surface area contributed by atoms with Crippen LogP contribution in [-0.4, -0.2) is 44.1 Å². The van der Waals surface area contributed by atoms with Gasteiger partial charge in [0, 0.05) is 24.5 Å². The molecule has 130 valence electrons. The van der Waals surface area contributed by atoms with E-state index in [0.717, 1.165) is 18.4 Å². The first-order valence-electron chi connectivity index (χ1n) is 7.69. The van der Waals surface area contributed by atoms with Crippen LogP contribution in [0, 0.1) is 0 Å². The molecule has 1 N–H and O–H groups in total. The molecule has 0 aromatic carbocycles. The van der Waals surface area contributed by atoms with Crippen molar-refractivity contribution >= 4 is 38.9 Å². The van der Waals surface area contributed by atoms with Gasteiger partial charge in [0.25, 0.3) is 0 Å². The van der Waals surface area contributed by atoms with E-state index in [-0.39, 0.29) is 17.7 Å². The molecule has 0 radical (unpaired) electrons.